The van der Waals surface area contributed by atoms with Crippen LogP contribution in [0.3, 0.4) is 0 Å². The fraction of sp³-hybridized carbons (Fsp3) is 0.417. The number of likely N-dealkylation sites (N-methyl/N-ethyl adjacent to an activating group) is 1. The van der Waals surface area contributed by atoms with Crippen molar-refractivity contribution in [2.45, 2.75) is 19.4 Å². The van der Waals surface area contributed by atoms with E-state index >= 15 is 0 Å². The van der Waals surface area contributed by atoms with Gasteiger partial charge >= 0.3 is 5.97 Å². The van der Waals surface area contributed by atoms with Gasteiger partial charge < -0.3 is 9.64 Å². The van der Waals surface area contributed by atoms with Crippen molar-refractivity contribution in [3.8, 4) is 0 Å². The maximum absolute atomic E-state index is 11.6. The van der Waals surface area contributed by atoms with Gasteiger partial charge in [0, 0.05) is 17.8 Å². The number of hydrogen-bond acceptors (Lipinski definition) is 3. The van der Waals surface area contributed by atoms with Crippen LogP contribution in [0.1, 0.15) is 13.8 Å². The van der Waals surface area contributed by atoms with Gasteiger partial charge in [0.05, 0.1) is 7.11 Å². The molecule has 0 radical (unpaired) electrons. The van der Waals surface area contributed by atoms with Gasteiger partial charge in [-0.1, -0.05) is 11.6 Å². The lowest BCUT2D eigenvalue weighted by atomic mass is 10.0. The number of halogens is 1. The molecule has 4 heteroatoms. The number of nitrogens with zero attached hydrogens (tertiary/aromatic N) is 1. The third-order valence-electron chi connectivity index (χ3n) is 2.74. The average Bonchev–Trinajstić information content (AvgIpc) is 2.28. The van der Waals surface area contributed by atoms with Gasteiger partial charge in [0.2, 0.25) is 0 Å². The zero-order chi connectivity index (χ0) is 12.3. The molecule has 0 saturated carbocycles. The number of benzene rings is 1. The molecule has 0 N–H and O–H groups in total. The van der Waals surface area contributed by atoms with Crippen LogP contribution < -0.4 is 4.90 Å². The molecule has 0 atom stereocenters. The van der Waals surface area contributed by atoms with Gasteiger partial charge in [0.25, 0.3) is 0 Å². The van der Waals surface area contributed by atoms with Crippen molar-refractivity contribution in [2.24, 2.45) is 0 Å². The van der Waals surface area contributed by atoms with Crippen molar-refractivity contribution in [1.29, 1.82) is 0 Å². The summed E-state index contributed by atoms with van der Waals surface area (Å²) in [5, 5.41) is 0.674. The van der Waals surface area contributed by atoms with Crippen LogP contribution in [0, 0.1) is 0 Å². The van der Waals surface area contributed by atoms with Gasteiger partial charge in [-0.2, -0.15) is 0 Å². The molecule has 0 fully saturated rings. The first kappa shape index (κ1) is 12.8. The Morgan fingerprint density at radius 3 is 2.25 bits per heavy atom. The number of carbonyl (C=O) groups excluding carboxylic acids is 1. The van der Waals surface area contributed by atoms with E-state index in [2.05, 4.69) is 0 Å². The first-order valence-corrected chi connectivity index (χ1v) is 5.35. The molecular formula is C12H16ClNO2. The lowest BCUT2D eigenvalue weighted by molar-refractivity contribution is -0.145. The molecule has 0 heterocycles. The van der Waals surface area contributed by atoms with Crippen molar-refractivity contribution in [2.75, 3.05) is 19.1 Å². The Balaban J connectivity index is 2.97. The van der Waals surface area contributed by atoms with E-state index in [4.69, 9.17) is 16.3 Å². The Labute approximate surface area is 101 Å². The van der Waals surface area contributed by atoms with Crippen molar-refractivity contribution in [3.63, 3.8) is 0 Å². The summed E-state index contributed by atoms with van der Waals surface area (Å²) in [6, 6.07) is 7.32. The summed E-state index contributed by atoms with van der Waals surface area (Å²) in [4.78, 5) is 13.5. The molecule has 3 nitrogen and oxygen atoms in total. The molecule has 0 aliphatic rings. The molecule has 0 aliphatic carbocycles. The second-order valence-corrected chi connectivity index (χ2v) is 4.52. The summed E-state index contributed by atoms with van der Waals surface area (Å²) >= 11 is 5.81. The van der Waals surface area contributed by atoms with E-state index in [1.165, 1.54) is 7.11 Å². The molecule has 0 unspecified atom stereocenters. The Morgan fingerprint density at radius 2 is 1.81 bits per heavy atom. The van der Waals surface area contributed by atoms with Crippen LogP contribution in [0.4, 0.5) is 5.69 Å². The standard InChI is InChI=1S/C12H16ClNO2/c1-12(2,11(15)16-4)14(3)10-7-5-9(13)6-8-10/h5-8H,1-4H3. The first-order chi connectivity index (χ1) is 7.39. The minimum absolute atomic E-state index is 0.273. The van der Waals surface area contributed by atoms with Crippen molar-refractivity contribution in [1.82, 2.24) is 0 Å². The summed E-state index contributed by atoms with van der Waals surface area (Å²) < 4.78 is 4.77. The topological polar surface area (TPSA) is 29.5 Å². The molecule has 1 aromatic carbocycles. The first-order valence-electron chi connectivity index (χ1n) is 4.97. The van der Waals surface area contributed by atoms with Gasteiger partial charge in [-0.3, -0.25) is 0 Å². The molecular weight excluding hydrogens is 226 g/mol. The monoisotopic (exact) mass is 241 g/mol. The summed E-state index contributed by atoms with van der Waals surface area (Å²) in [6.45, 7) is 3.63. The second-order valence-electron chi connectivity index (χ2n) is 4.09. The highest BCUT2D eigenvalue weighted by atomic mass is 35.5. The van der Waals surface area contributed by atoms with Crippen LogP contribution in [-0.2, 0) is 9.53 Å². The summed E-state index contributed by atoms with van der Waals surface area (Å²) in [5.74, 6) is -0.273. The van der Waals surface area contributed by atoms with E-state index in [0.29, 0.717) is 5.02 Å². The fourth-order valence-corrected chi connectivity index (χ4v) is 1.50. The van der Waals surface area contributed by atoms with E-state index in [9.17, 15) is 4.79 Å². The molecule has 88 valence electrons. The Kier molecular flexibility index (Phi) is 3.81. The molecule has 0 bridgehead atoms. The maximum Gasteiger partial charge on any atom is 0.331 e. The Morgan fingerprint density at radius 1 is 1.31 bits per heavy atom. The van der Waals surface area contributed by atoms with Crippen LogP contribution in [0.25, 0.3) is 0 Å². The molecule has 0 spiro atoms. The lowest BCUT2D eigenvalue weighted by Crippen LogP contribution is -2.48. The zero-order valence-corrected chi connectivity index (χ0v) is 10.7. The normalized spacial score (nSPS) is 11.1. The number of esters is 1. The van der Waals surface area contributed by atoms with Gasteiger partial charge in [-0.05, 0) is 38.1 Å². The largest absolute Gasteiger partial charge is 0.467 e. The lowest BCUT2D eigenvalue weighted by Gasteiger charge is -2.34. The minimum Gasteiger partial charge on any atom is -0.467 e. The van der Waals surface area contributed by atoms with Crippen molar-refractivity contribution in [3.05, 3.63) is 29.3 Å². The molecule has 16 heavy (non-hydrogen) atoms. The van der Waals surface area contributed by atoms with Gasteiger partial charge in [0.15, 0.2) is 0 Å². The van der Waals surface area contributed by atoms with Gasteiger partial charge in [-0.25, -0.2) is 4.79 Å². The molecule has 1 rings (SSSR count). The van der Waals surface area contributed by atoms with Gasteiger partial charge in [-0.15, -0.1) is 0 Å². The number of hydrogen-bond donors (Lipinski definition) is 0. The van der Waals surface area contributed by atoms with E-state index in [-0.39, 0.29) is 5.97 Å². The SMILES string of the molecule is COC(=O)C(C)(C)N(C)c1ccc(Cl)cc1. The quantitative estimate of drug-likeness (QED) is 0.763. The summed E-state index contributed by atoms with van der Waals surface area (Å²) in [5.41, 5.74) is 0.211. The minimum atomic E-state index is -0.706. The van der Waals surface area contributed by atoms with Crippen molar-refractivity contribution < 1.29 is 9.53 Å². The van der Waals surface area contributed by atoms with E-state index in [0.717, 1.165) is 5.69 Å². The van der Waals surface area contributed by atoms with E-state index in [1.807, 2.05) is 37.9 Å². The number of anilines is 1. The second kappa shape index (κ2) is 4.74. The van der Waals surface area contributed by atoms with E-state index in [1.54, 1.807) is 12.1 Å². The fourth-order valence-electron chi connectivity index (χ4n) is 1.37. The Hall–Kier alpha value is -1.22. The van der Waals surface area contributed by atoms with Gasteiger partial charge in [0.1, 0.15) is 5.54 Å². The van der Waals surface area contributed by atoms with E-state index < -0.39 is 5.54 Å². The highest BCUT2D eigenvalue weighted by molar-refractivity contribution is 6.30. The smallest absolute Gasteiger partial charge is 0.331 e. The predicted molar refractivity (Wildman–Crippen MR) is 66.0 cm³/mol. The average molecular weight is 242 g/mol. The maximum atomic E-state index is 11.6. The highest BCUT2D eigenvalue weighted by Gasteiger charge is 2.33. The number of carbonyl (C=O) groups is 1. The molecule has 0 aliphatic heterocycles. The molecule has 0 saturated heterocycles. The number of methoxy groups -OCH3 is 1. The predicted octanol–water partition coefficient (Wildman–Crippen LogP) is 2.73. The molecule has 0 aromatic heterocycles. The van der Waals surface area contributed by atoms with Crippen LogP contribution in [0.5, 0.6) is 0 Å². The van der Waals surface area contributed by atoms with Crippen molar-refractivity contribution >= 4 is 23.3 Å². The van der Waals surface area contributed by atoms with Crippen LogP contribution >= 0.6 is 11.6 Å². The third-order valence-corrected chi connectivity index (χ3v) is 2.99. The van der Waals surface area contributed by atoms with Crippen LogP contribution in [0.2, 0.25) is 5.02 Å². The third kappa shape index (κ3) is 2.47. The highest BCUT2D eigenvalue weighted by Crippen LogP contribution is 2.24. The summed E-state index contributed by atoms with van der Waals surface area (Å²) in [6.07, 6.45) is 0. The van der Waals surface area contributed by atoms with Crippen LogP contribution in [0.15, 0.2) is 24.3 Å². The zero-order valence-electron chi connectivity index (χ0n) is 9.95. The Bertz CT molecular complexity index is 373. The number of ether oxygens (including phenoxy) is 1. The number of rotatable bonds is 3. The summed E-state index contributed by atoms with van der Waals surface area (Å²) in [7, 11) is 3.24. The van der Waals surface area contributed by atoms with Crippen LogP contribution in [-0.4, -0.2) is 25.7 Å². The molecule has 0 amide bonds. The molecule has 1 aromatic rings.